The van der Waals surface area contributed by atoms with Crippen molar-refractivity contribution in [2.75, 3.05) is 6.61 Å². The van der Waals surface area contributed by atoms with Crippen molar-refractivity contribution < 1.29 is 14.7 Å². The van der Waals surface area contributed by atoms with Gasteiger partial charge < -0.3 is 21.0 Å². The summed E-state index contributed by atoms with van der Waals surface area (Å²) in [5.41, 5.74) is 6.23. The van der Waals surface area contributed by atoms with Crippen LogP contribution in [0, 0.1) is 5.92 Å². The monoisotopic (exact) mass is 290 g/mol. The summed E-state index contributed by atoms with van der Waals surface area (Å²) in [4.78, 5) is 16.3. The van der Waals surface area contributed by atoms with Gasteiger partial charge in [0.25, 0.3) is 5.91 Å². The van der Waals surface area contributed by atoms with Gasteiger partial charge >= 0.3 is 0 Å². The molecule has 2 unspecified atom stereocenters. The van der Waals surface area contributed by atoms with Crippen LogP contribution in [-0.4, -0.2) is 40.7 Å². The molecule has 1 saturated heterocycles. The van der Waals surface area contributed by atoms with Gasteiger partial charge in [0, 0.05) is 18.4 Å². The molecule has 1 aliphatic heterocycles. The Labute approximate surface area is 122 Å². The molecule has 3 rings (SSSR count). The van der Waals surface area contributed by atoms with Crippen molar-refractivity contribution in [2.45, 2.75) is 31.4 Å². The summed E-state index contributed by atoms with van der Waals surface area (Å²) in [6, 6.07) is 3.22. The largest absolute Gasteiger partial charge is 0.409 e. The summed E-state index contributed by atoms with van der Waals surface area (Å²) >= 11 is 0. The third-order valence-corrected chi connectivity index (χ3v) is 3.94. The van der Waals surface area contributed by atoms with Gasteiger partial charge in [-0.05, 0) is 37.3 Å². The van der Waals surface area contributed by atoms with Gasteiger partial charge in [0.1, 0.15) is 5.69 Å². The summed E-state index contributed by atoms with van der Waals surface area (Å²) in [6.07, 6.45) is 4.77. The number of carbonyl (C=O) groups excluding carboxylic acids is 1. The van der Waals surface area contributed by atoms with E-state index in [9.17, 15) is 4.79 Å². The first kappa shape index (κ1) is 13.8. The van der Waals surface area contributed by atoms with Crippen LogP contribution in [0.2, 0.25) is 0 Å². The minimum absolute atomic E-state index is 0.0348. The molecule has 2 fully saturated rings. The van der Waals surface area contributed by atoms with Crippen LogP contribution in [0.1, 0.15) is 35.3 Å². The molecular formula is C14H18N4O3. The zero-order valence-electron chi connectivity index (χ0n) is 11.5. The lowest BCUT2D eigenvalue weighted by Gasteiger charge is -2.19. The lowest BCUT2D eigenvalue weighted by atomic mass is 10.1. The molecule has 1 saturated carbocycles. The lowest BCUT2D eigenvalue weighted by molar-refractivity contribution is 0.0727. The van der Waals surface area contributed by atoms with E-state index < -0.39 is 0 Å². The summed E-state index contributed by atoms with van der Waals surface area (Å²) in [6.45, 7) is 0.696. The van der Waals surface area contributed by atoms with Crippen LogP contribution in [0.3, 0.4) is 0 Å². The first-order valence-corrected chi connectivity index (χ1v) is 7.05. The minimum atomic E-state index is -0.220. The first-order valence-electron chi connectivity index (χ1n) is 7.05. The number of hydrogen-bond acceptors (Lipinski definition) is 5. The highest BCUT2D eigenvalue weighted by Gasteiger charge is 2.41. The minimum Gasteiger partial charge on any atom is -0.409 e. The highest BCUT2D eigenvalue weighted by atomic mass is 16.5. The Morgan fingerprint density at radius 1 is 1.43 bits per heavy atom. The molecule has 2 aliphatic rings. The number of amides is 1. The summed E-state index contributed by atoms with van der Waals surface area (Å²) in [5, 5.41) is 14.5. The standard InChI is InChI=1S/C14H18N4O3/c15-13(18-20)9-3-4-11(16-7-9)14(19)17-10-5-6-21-12(10)8-1-2-8/h3-4,7-8,10,12,20H,1-2,5-6H2,(H2,15,18)(H,17,19). The topological polar surface area (TPSA) is 110 Å². The molecule has 0 bridgehead atoms. The second kappa shape index (κ2) is 5.69. The zero-order valence-corrected chi connectivity index (χ0v) is 11.5. The van der Waals surface area contributed by atoms with Crippen LogP contribution in [0.4, 0.5) is 0 Å². The number of nitrogens with one attached hydrogen (secondary N) is 1. The van der Waals surface area contributed by atoms with Crippen molar-refractivity contribution in [3.63, 3.8) is 0 Å². The Bertz CT molecular complexity index is 554. The van der Waals surface area contributed by atoms with Gasteiger partial charge in [0.2, 0.25) is 0 Å². The molecule has 1 aromatic heterocycles. The fourth-order valence-corrected chi connectivity index (χ4v) is 2.63. The van der Waals surface area contributed by atoms with E-state index >= 15 is 0 Å². The number of ether oxygens (including phenoxy) is 1. The van der Waals surface area contributed by atoms with E-state index in [0.29, 0.717) is 23.8 Å². The second-order valence-corrected chi connectivity index (χ2v) is 5.46. The number of nitrogens with two attached hydrogens (primary N) is 1. The van der Waals surface area contributed by atoms with E-state index in [1.807, 2.05) is 0 Å². The van der Waals surface area contributed by atoms with E-state index in [1.165, 1.54) is 19.0 Å². The molecule has 1 amide bonds. The number of rotatable bonds is 4. The number of amidine groups is 1. The van der Waals surface area contributed by atoms with Crippen molar-refractivity contribution in [3.05, 3.63) is 29.6 Å². The quantitative estimate of drug-likeness (QED) is 0.323. The Hall–Kier alpha value is -2.15. The number of oxime groups is 1. The molecule has 0 spiro atoms. The van der Waals surface area contributed by atoms with Gasteiger partial charge in [-0.1, -0.05) is 5.16 Å². The maximum atomic E-state index is 12.2. The van der Waals surface area contributed by atoms with Crippen molar-refractivity contribution >= 4 is 11.7 Å². The Kier molecular flexibility index (Phi) is 3.74. The van der Waals surface area contributed by atoms with Crippen molar-refractivity contribution in [3.8, 4) is 0 Å². The van der Waals surface area contributed by atoms with Crippen molar-refractivity contribution in [2.24, 2.45) is 16.8 Å². The number of pyridine rings is 1. The van der Waals surface area contributed by atoms with Crippen LogP contribution in [0.25, 0.3) is 0 Å². The Morgan fingerprint density at radius 3 is 2.86 bits per heavy atom. The third kappa shape index (κ3) is 2.97. The molecule has 1 aromatic rings. The number of aromatic nitrogens is 1. The van der Waals surface area contributed by atoms with E-state index in [4.69, 9.17) is 15.7 Å². The summed E-state index contributed by atoms with van der Waals surface area (Å²) in [7, 11) is 0. The van der Waals surface area contributed by atoms with Crippen LogP contribution in [0.15, 0.2) is 23.5 Å². The number of carbonyl (C=O) groups is 1. The summed E-state index contributed by atoms with van der Waals surface area (Å²) in [5.74, 6) is 0.336. The van der Waals surface area contributed by atoms with E-state index in [-0.39, 0.29) is 23.9 Å². The van der Waals surface area contributed by atoms with Gasteiger partial charge in [-0.15, -0.1) is 0 Å². The average Bonchev–Trinajstić information content (AvgIpc) is 3.26. The third-order valence-electron chi connectivity index (χ3n) is 3.94. The molecule has 0 aromatic carbocycles. The molecule has 2 heterocycles. The predicted octanol–water partition coefficient (Wildman–Crippen LogP) is 0.473. The van der Waals surface area contributed by atoms with E-state index in [2.05, 4.69) is 15.5 Å². The highest BCUT2D eigenvalue weighted by molar-refractivity contribution is 5.98. The molecule has 7 heteroatoms. The molecule has 2 atom stereocenters. The van der Waals surface area contributed by atoms with Crippen LogP contribution >= 0.6 is 0 Å². The highest BCUT2D eigenvalue weighted by Crippen LogP contribution is 2.38. The smallest absolute Gasteiger partial charge is 0.270 e. The first-order chi connectivity index (χ1) is 10.2. The summed E-state index contributed by atoms with van der Waals surface area (Å²) < 4.78 is 5.70. The molecule has 1 aliphatic carbocycles. The maximum Gasteiger partial charge on any atom is 0.270 e. The van der Waals surface area contributed by atoms with Crippen LogP contribution in [-0.2, 0) is 4.74 Å². The lowest BCUT2D eigenvalue weighted by Crippen LogP contribution is -2.41. The number of hydrogen-bond donors (Lipinski definition) is 3. The SMILES string of the molecule is N/C(=N/O)c1ccc(C(=O)NC2CCOC2C2CC2)nc1. The van der Waals surface area contributed by atoms with Crippen LogP contribution in [0.5, 0.6) is 0 Å². The average molecular weight is 290 g/mol. The molecule has 7 nitrogen and oxygen atoms in total. The predicted molar refractivity (Wildman–Crippen MR) is 75.1 cm³/mol. The fraction of sp³-hybridized carbons (Fsp3) is 0.500. The van der Waals surface area contributed by atoms with Gasteiger partial charge in [0.05, 0.1) is 12.1 Å². The van der Waals surface area contributed by atoms with Crippen LogP contribution < -0.4 is 11.1 Å². The fourth-order valence-electron chi connectivity index (χ4n) is 2.63. The number of nitrogens with zero attached hydrogens (tertiary/aromatic N) is 2. The van der Waals surface area contributed by atoms with Crippen molar-refractivity contribution in [1.29, 1.82) is 0 Å². The molecular weight excluding hydrogens is 272 g/mol. The van der Waals surface area contributed by atoms with Gasteiger partial charge in [-0.25, -0.2) is 0 Å². The molecule has 0 radical (unpaired) electrons. The van der Waals surface area contributed by atoms with Gasteiger partial charge in [-0.3, -0.25) is 9.78 Å². The van der Waals surface area contributed by atoms with E-state index in [0.717, 1.165) is 6.42 Å². The molecule has 21 heavy (non-hydrogen) atoms. The zero-order chi connectivity index (χ0) is 14.8. The van der Waals surface area contributed by atoms with Gasteiger partial charge in [0.15, 0.2) is 5.84 Å². The Morgan fingerprint density at radius 2 is 2.24 bits per heavy atom. The van der Waals surface area contributed by atoms with E-state index in [1.54, 1.807) is 12.1 Å². The van der Waals surface area contributed by atoms with Gasteiger partial charge in [-0.2, -0.15) is 0 Å². The van der Waals surface area contributed by atoms with Crippen molar-refractivity contribution in [1.82, 2.24) is 10.3 Å². The normalized spacial score (nSPS) is 25.8. The molecule has 4 N–H and O–H groups in total. The molecule has 112 valence electrons. The second-order valence-electron chi connectivity index (χ2n) is 5.46. The Balaban J connectivity index is 1.65. The maximum absolute atomic E-state index is 12.2.